The minimum absolute atomic E-state index is 0.585. The van der Waals surface area contributed by atoms with Crippen LogP contribution in [0, 0.1) is 0 Å². The van der Waals surface area contributed by atoms with Gasteiger partial charge in [0.05, 0.1) is 5.56 Å². The van der Waals surface area contributed by atoms with Gasteiger partial charge in [-0.3, -0.25) is 0 Å². The van der Waals surface area contributed by atoms with Gasteiger partial charge in [0.15, 0.2) is 0 Å². The van der Waals surface area contributed by atoms with Crippen LogP contribution in [0.4, 0.5) is 13.2 Å². The van der Waals surface area contributed by atoms with Crippen LogP contribution < -0.4 is 0 Å². The van der Waals surface area contributed by atoms with E-state index in [-0.39, 0.29) is 0 Å². The monoisotopic (exact) mass is 306 g/mol. The van der Waals surface area contributed by atoms with Crippen LogP contribution >= 0.6 is 0 Å². The van der Waals surface area contributed by atoms with Crippen molar-refractivity contribution in [3.63, 3.8) is 0 Å². The number of hydrogen-bond acceptors (Lipinski definition) is 2. The summed E-state index contributed by atoms with van der Waals surface area (Å²) < 4.78 is 48.8. The SMILES string of the molecule is CCO[SiH](CCCc1cccc(C(F)(F)F)c1)OCC. The summed E-state index contributed by atoms with van der Waals surface area (Å²) in [5.41, 5.74) is 0.124. The highest BCUT2D eigenvalue weighted by Crippen LogP contribution is 2.29. The predicted molar refractivity (Wildman–Crippen MR) is 75.0 cm³/mol. The van der Waals surface area contributed by atoms with Gasteiger partial charge < -0.3 is 8.85 Å². The molecule has 1 rings (SSSR count). The van der Waals surface area contributed by atoms with Crippen LogP contribution in [0.1, 0.15) is 31.4 Å². The molecular formula is C14H21F3O2Si. The zero-order valence-corrected chi connectivity index (χ0v) is 13.0. The molecule has 1 aromatic rings. The first kappa shape index (κ1) is 17.2. The van der Waals surface area contributed by atoms with Crippen molar-refractivity contribution in [2.24, 2.45) is 0 Å². The van der Waals surface area contributed by atoms with E-state index in [1.807, 2.05) is 13.8 Å². The molecule has 1 aromatic carbocycles. The summed E-state index contributed by atoms with van der Waals surface area (Å²) >= 11 is 0. The average molecular weight is 306 g/mol. The Morgan fingerprint density at radius 2 is 1.75 bits per heavy atom. The lowest BCUT2D eigenvalue weighted by atomic mass is 10.1. The summed E-state index contributed by atoms with van der Waals surface area (Å²) in [7, 11) is -1.64. The van der Waals surface area contributed by atoms with Crippen molar-refractivity contribution in [1.82, 2.24) is 0 Å². The Morgan fingerprint density at radius 3 is 2.30 bits per heavy atom. The number of rotatable bonds is 8. The average Bonchev–Trinajstić information content (AvgIpc) is 2.38. The Labute approximate surface area is 119 Å². The molecule has 0 saturated heterocycles. The van der Waals surface area contributed by atoms with Gasteiger partial charge >= 0.3 is 15.5 Å². The molecule has 0 saturated carbocycles. The molecule has 0 radical (unpaired) electrons. The number of alkyl halides is 3. The van der Waals surface area contributed by atoms with Crippen molar-refractivity contribution in [3.05, 3.63) is 35.4 Å². The third-order valence-corrected chi connectivity index (χ3v) is 5.15. The lowest BCUT2D eigenvalue weighted by Gasteiger charge is -2.14. The Hall–Kier alpha value is -0.853. The van der Waals surface area contributed by atoms with Gasteiger partial charge in [-0.2, -0.15) is 13.2 Å². The third kappa shape index (κ3) is 6.07. The Kier molecular flexibility index (Phi) is 7.26. The number of aryl methyl sites for hydroxylation is 1. The number of benzene rings is 1. The van der Waals surface area contributed by atoms with Crippen LogP contribution in [-0.2, 0) is 21.4 Å². The zero-order valence-electron chi connectivity index (χ0n) is 11.9. The van der Waals surface area contributed by atoms with Gasteiger partial charge in [-0.25, -0.2) is 0 Å². The van der Waals surface area contributed by atoms with E-state index in [4.69, 9.17) is 8.85 Å². The summed E-state index contributed by atoms with van der Waals surface area (Å²) in [5.74, 6) is 0. The first-order chi connectivity index (χ1) is 9.47. The molecule has 0 fully saturated rings. The lowest BCUT2D eigenvalue weighted by molar-refractivity contribution is -0.137. The maximum atomic E-state index is 12.6. The third-order valence-electron chi connectivity index (χ3n) is 2.86. The highest BCUT2D eigenvalue weighted by molar-refractivity contribution is 6.44. The molecule has 0 N–H and O–H groups in total. The van der Waals surface area contributed by atoms with E-state index >= 15 is 0 Å². The minimum atomic E-state index is -4.27. The molecule has 0 spiro atoms. The largest absolute Gasteiger partial charge is 0.416 e. The van der Waals surface area contributed by atoms with Crippen LogP contribution in [0.25, 0.3) is 0 Å². The fourth-order valence-electron chi connectivity index (χ4n) is 1.96. The second-order valence-electron chi connectivity index (χ2n) is 4.43. The van der Waals surface area contributed by atoms with Gasteiger partial charge in [0.25, 0.3) is 0 Å². The van der Waals surface area contributed by atoms with E-state index in [0.717, 1.165) is 18.5 Å². The Morgan fingerprint density at radius 1 is 1.10 bits per heavy atom. The van der Waals surface area contributed by atoms with Gasteiger partial charge in [-0.1, -0.05) is 18.2 Å². The van der Waals surface area contributed by atoms with E-state index < -0.39 is 21.0 Å². The molecule has 0 unspecified atom stereocenters. The summed E-state index contributed by atoms with van der Waals surface area (Å²) in [6, 6.07) is 6.32. The summed E-state index contributed by atoms with van der Waals surface area (Å²) in [6.07, 6.45) is -2.87. The van der Waals surface area contributed by atoms with E-state index in [1.54, 1.807) is 6.07 Å². The van der Waals surface area contributed by atoms with Gasteiger partial charge in [0, 0.05) is 13.2 Å². The van der Waals surface area contributed by atoms with E-state index in [2.05, 4.69) is 0 Å². The fraction of sp³-hybridized carbons (Fsp3) is 0.571. The number of hydrogen-bond donors (Lipinski definition) is 0. The molecule has 0 aliphatic carbocycles. The van der Waals surface area contributed by atoms with E-state index in [1.165, 1.54) is 12.1 Å². The van der Waals surface area contributed by atoms with Crippen molar-refractivity contribution >= 4 is 9.28 Å². The quantitative estimate of drug-likeness (QED) is 0.678. The molecule has 0 aliphatic heterocycles. The molecule has 20 heavy (non-hydrogen) atoms. The molecule has 0 aromatic heterocycles. The molecule has 2 nitrogen and oxygen atoms in total. The normalized spacial score (nSPS) is 12.1. The van der Waals surface area contributed by atoms with Crippen molar-refractivity contribution in [2.45, 2.75) is 38.9 Å². The van der Waals surface area contributed by atoms with Crippen molar-refractivity contribution in [1.29, 1.82) is 0 Å². The standard InChI is InChI=1S/C14H21F3O2Si/c1-3-18-20(19-4-2)10-6-8-12-7-5-9-13(11-12)14(15,16)17/h5,7,9,11,20H,3-4,6,8,10H2,1-2H3. The van der Waals surface area contributed by atoms with Crippen LogP contribution in [0.2, 0.25) is 6.04 Å². The topological polar surface area (TPSA) is 18.5 Å². The van der Waals surface area contributed by atoms with Gasteiger partial charge in [0.2, 0.25) is 0 Å². The number of halogens is 3. The van der Waals surface area contributed by atoms with Crippen LogP contribution in [0.15, 0.2) is 24.3 Å². The Balaban J connectivity index is 2.49. The molecule has 0 aliphatic rings. The van der Waals surface area contributed by atoms with Crippen LogP contribution in [0.5, 0.6) is 0 Å². The van der Waals surface area contributed by atoms with E-state index in [9.17, 15) is 13.2 Å². The van der Waals surface area contributed by atoms with Gasteiger partial charge in [0.1, 0.15) is 0 Å². The predicted octanol–water partition coefficient (Wildman–Crippen LogP) is 3.93. The molecule has 0 bridgehead atoms. The second-order valence-corrected chi connectivity index (χ2v) is 6.53. The first-order valence-corrected chi connectivity index (χ1v) is 8.62. The molecule has 6 heteroatoms. The van der Waals surface area contributed by atoms with Crippen molar-refractivity contribution in [3.8, 4) is 0 Å². The molecule has 0 atom stereocenters. The van der Waals surface area contributed by atoms with Crippen molar-refractivity contribution < 1.29 is 22.0 Å². The lowest BCUT2D eigenvalue weighted by Crippen LogP contribution is -2.22. The minimum Gasteiger partial charge on any atom is -0.397 e. The highest BCUT2D eigenvalue weighted by Gasteiger charge is 2.30. The molecule has 0 amide bonds. The van der Waals surface area contributed by atoms with E-state index in [0.29, 0.717) is 25.2 Å². The summed E-state index contributed by atoms with van der Waals surface area (Å²) in [4.78, 5) is 0. The molecule has 114 valence electrons. The summed E-state index contributed by atoms with van der Waals surface area (Å²) in [6.45, 7) is 5.10. The van der Waals surface area contributed by atoms with Crippen LogP contribution in [0.3, 0.4) is 0 Å². The molecule has 0 heterocycles. The van der Waals surface area contributed by atoms with Gasteiger partial charge in [-0.05, 0) is 44.4 Å². The zero-order chi connectivity index (χ0) is 15.0. The highest BCUT2D eigenvalue weighted by atomic mass is 28.3. The summed E-state index contributed by atoms with van der Waals surface area (Å²) in [5, 5.41) is 0. The van der Waals surface area contributed by atoms with Gasteiger partial charge in [-0.15, -0.1) is 0 Å². The first-order valence-electron chi connectivity index (χ1n) is 6.86. The maximum absolute atomic E-state index is 12.6. The van der Waals surface area contributed by atoms with Crippen molar-refractivity contribution in [2.75, 3.05) is 13.2 Å². The Bertz CT molecular complexity index is 390. The molecular weight excluding hydrogens is 285 g/mol. The maximum Gasteiger partial charge on any atom is 0.416 e. The second kappa shape index (κ2) is 8.44. The van der Waals surface area contributed by atoms with Crippen LogP contribution in [-0.4, -0.2) is 22.5 Å². The smallest absolute Gasteiger partial charge is 0.397 e. The fourth-order valence-corrected chi connectivity index (χ4v) is 3.67.